The van der Waals surface area contributed by atoms with Crippen LogP contribution in [0.1, 0.15) is 95.1 Å². The predicted octanol–water partition coefficient (Wildman–Crippen LogP) is 1.19. The summed E-state index contributed by atoms with van der Waals surface area (Å²) in [7, 11) is 13.6. The first-order chi connectivity index (χ1) is 14.6. The molecule has 0 unspecified atom stereocenters. The van der Waals surface area contributed by atoms with E-state index in [1.165, 1.54) is 88.2 Å². The second kappa shape index (κ2) is 19.1. The minimum Gasteiger partial charge on any atom is -1.00 e. The molecule has 33 heavy (non-hydrogen) atoms. The maximum atomic E-state index is 6.31. The maximum absolute atomic E-state index is 6.31. The van der Waals surface area contributed by atoms with Gasteiger partial charge in [-0.2, -0.15) is 0 Å². The van der Waals surface area contributed by atoms with Crippen LogP contribution in [0.3, 0.4) is 0 Å². The fourth-order valence-corrected chi connectivity index (χ4v) is 4.18. The summed E-state index contributed by atoms with van der Waals surface area (Å²) >= 11 is 0. The molecule has 0 spiro atoms. The zero-order valence-corrected chi connectivity index (χ0v) is 26.1. The van der Waals surface area contributed by atoms with Crippen LogP contribution in [0.25, 0.3) is 0 Å². The van der Waals surface area contributed by atoms with Gasteiger partial charge in [-0.25, -0.2) is 0 Å². The second-order valence-electron chi connectivity index (χ2n) is 11.5. The molecule has 196 valence electrons. The molecule has 0 aliphatic heterocycles. The summed E-state index contributed by atoms with van der Waals surface area (Å²) in [6.45, 7) is 5.17. The SMILES string of the molecule is CCCCCCCCCCCCCCOc1cccc(C[N+](C)(C)C)c1C[N+](C)(C)C.[Br-].[Br-]. The highest BCUT2D eigenvalue weighted by Crippen LogP contribution is 2.27. The van der Waals surface area contributed by atoms with Crippen molar-refractivity contribution in [2.24, 2.45) is 0 Å². The molecule has 0 atom stereocenters. The first-order valence-electron chi connectivity index (χ1n) is 13.0. The summed E-state index contributed by atoms with van der Waals surface area (Å²) in [4.78, 5) is 0. The van der Waals surface area contributed by atoms with E-state index in [1.54, 1.807) is 0 Å². The first-order valence-corrected chi connectivity index (χ1v) is 13.0. The average Bonchev–Trinajstić information content (AvgIpc) is 2.65. The van der Waals surface area contributed by atoms with Gasteiger partial charge in [0.05, 0.1) is 54.5 Å². The maximum Gasteiger partial charge on any atom is 0.128 e. The lowest BCUT2D eigenvalue weighted by Gasteiger charge is -2.29. The highest BCUT2D eigenvalue weighted by Gasteiger charge is 2.21. The van der Waals surface area contributed by atoms with E-state index >= 15 is 0 Å². The van der Waals surface area contributed by atoms with Gasteiger partial charge in [-0.3, -0.25) is 0 Å². The molecular weight excluding hydrogens is 540 g/mol. The molecular formula is C28H54Br2N2O. The highest BCUT2D eigenvalue weighted by molar-refractivity contribution is 5.39. The minimum atomic E-state index is 0. The van der Waals surface area contributed by atoms with E-state index in [0.29, 0.717) is 0 Å². The fraction of sp³-hybridized carbons (Fsp3) is 0.786. The van der Waals surface area contributed by atoms with E-state index < -0.39 is 0 Å². The third-order valence-electron chi connectivity index (χ3n) is 5.76. The Kier molecular flexibility index (Phi) is 20.3. The van der Waals surface area contributed by atoms with Crippen molar-refractivity contribution < 1.29 is 47.7 Å². The van der Waals surface area contributed by atoms with Gasteiger partial charge in [0, 0.05) is 5.56 Å². The molecule has 0 heterocycles. The van der Waals surface area contributed by atoms with E-state index in [-0.39, 0.29) is 34.0 Å². The largest absolute Gasteiger partial charge is 1.00 e. The van der Waals surface area contributed by atoms with Crippen LogP contribution in [-0.4, -0.2) is 57.9 Å². The molecule has 0 aliphatic carbocycles. The van der Waals surface area contributed by atoms with Crippen LogP contribution in [0.4, 0.5) is 0 Å². The van der Waals surface area contributed by atoms with Gasteiger partial charge in [-0.1, -0.05) is 89.7 Å². The molecule has 0 saturated heterocycles. The number of benzene rings is 1. The molecule has 0 fully saturated rings. The van der Waals surface area contributed by atoms with E-state index in [4.69, 9.17) is 4.74 Å². The number of hydrogen-bond acceptors (Lipinski definition) is 1. The third kappa shape index (κ3) is 18.8. The van der Waals surface area contributed by atoms with Crippen molar-refractivity contribution in [1.82, 2.24) is 0 Å². The monoisotopic (exact) mass is 592 g/mol. The number of rotatable bonds is 18. The first kappa shape index (κ1) is 35.1. The zero-order chi connectivity index (χ0) is 23.2. The van der Waals surface area contributed by atoms with Gasteiger partial charge in [0.15, 0.2) is 0 Å². The molecule has 0 amide bonds. The smallest absolute Gasteiger partial charge is 0.128 e. The van der Waals surface area contributed by atoms with Gasteiger partial charge in [0.2, 0.25) is 0 Å². The number of nitrogens with zero attached hydrogens (tertiary/aromatic N) is 2. The number of halogens is 2. The van der Waals surface area contributed by atoms with E-state index in [9.17, 15) is 0 Å². The van der Waals surface area contributed by atoms with Crippen LogP contribution in [0, 0.1) is 0 Å². The molecule has 0 N–H and O–H groups in total. The molecule has 0 radical (unpaired) electrons. The Morgan fingerprint density at radius 2 is 1.06 bits per heavy atom. The Bertz CT molecular complexity index is 595. The minimum absolute atomic E-state index is 0. The second-order valence-corrected chi connectivity index (χ2v) is 11.5. The van der Waals surface area contributed by atoms with Crippen molar-refractivity contribution in [3.8, 4) is 5.75 Å². The molecule has 0 bridgehead atoms. The van der Waals surface area contributed by atoms with Crippen LogP contribution in [0.2, 0.25) is 0 Å². The summed E-state index contributed by atoms with van der Waals surface area (Å²) in [5.74, 6) is 1.10. The summed E-state index contributed by atoms with van der Waals surface area (Å²) < 4.78 is 8.17. The van der Waals surface area contributed by atoms with Crippen LogP contribution in [0.5, 0.6) is 5.75 Å². The van der Waals surface area contributed by atoms with Gasteiger partial charge in [-0.05, 0) is 12.5 Å². The Labute approximate surface area is 228 Å². The Hall–Kier alpha value is -0.100. The summed E-state index contributed by atoms with van der Waals surface area (Å²) in [5, 5.41) is 0. The topological polar surface area (TPSA) is 9.23 Å². The zero-order valence-electron chi connectivity index (χ0n) is 22.9. The van der Waals surface area contributed by atoms with Crippen molar-refractivity contribution >= 4 is 0 Å². The lowest BCUT2D eigenvalue weighted by atomic mass is 10.0. The summed E-state index contributed by atoms with van der Waals surface area (Å²) in [5.41, 5.74) is 2.81. The van der Waals surface area contributed by atoms with Gasteiger partial charge >= 0.3 is 0 Å². The lowest BCUT2D eigenvalue weighted by molar-refractivity contribution is -0.887. The quantitative estimate of drug-likeness (QED) is 0.184. The molecule has 3 nitrogen and oxygen atoms in total. The normalized spacial score (nSPS) is 11.6. The number of ether oxygens (including phenoxy) is 1. The average molecular weight is 595 g/mol. The van der Waals surface area contributed by atoms with Crippen molar-refractivity contribution in [3.05, 3.63) is 29.3 Å². The summed E-state index contributed by atoms with van der Waals surface area (Å²) in [6, 6.07) is 6.62. The Morgan fingerprint density at radius 1 is 0.606 bits per heavy atom. The van der Waals surface area contributed by atoms with E-state index in [2.05, 4.69) is 67.4 Å². The van der Waals surface area contributed by atoms with E-state index in [1.807, 2.05) is 0 Å². The molecule has 5 heteroatoms. The van der Waals surface area contributed by atoms with Crippen molar-refractivity contribution in [2.45, 2.75) is 97.1 Å². The van der Waals surface area contributed by atoms with Crippen molar-refractivity contribution in [2.75, 3.05) is 48.9 Å². The Balaban J connectivity index is 0. The highest BCUT2D eigenvalue weighted by atomic mass is 79.9. The van der Waals surface area contributed by atoms with Gasteiger partial charge in [0.1, 0.15) is 18.8 Å². The summed E-state index contributed by atoms with van der Waals surface area (Å²) in [6.07, 6.45) is 16.6. The van der Waals surface area contributed by atoms with Crippen LogP contribution >= 0.6 is 0 Å². The lowest BCUT2D eigenvalue weighted by Crippen LogP contribution is -3.00. The van der Waals surface area contributed by atoms with Crippen LogP contribution in [-0.2, 0) is 13.1 Å². The standard InChI is InChI=1S/C28H54N2O.2BrH/c1-8-9-10-11-12-13-14-15-16-17-18-19-23-31-28-22-20-21-26(24-29(2,3)4)27(28)25-30(5,6)7;;/h20-22H,8-19,23-25H2,1-7H3;2*1H/q+2;;/p-2. The molecule has 0 aromatic heterocycles. The van der Waals surface area contributed by atoms with Crippen LogP contribution in [0.15, 0.2) is 18.2 Å². The number of unbranched alkanes of at least 4 members (excludes halogenated alkanes) is 11. The molecule has 1 aromatic carbocycles. The van der Waals surface area contributed by atoms with Gasteiger partial charge < -0.3 is 47.7 Å². The van der Waals surface area contributed by atoms with Gasteiger partial charge in [-0.15, -0.1) is 0 Å². The van der Waals surface area contributed by atoms with Crippen molar-refractivity contribution in [3.63, 3.8) is 0 Å². The van der Waals surface area contributed by atoms with Crippen LogP contribution < -0.4 is 38.7 Å². The molecule has 0 saturated carbocycles. The predicted molar refractivity (Wildman–Crippen MR) is 136 cm³/mol. The number of quaternary nitrogens is 2. The fourth-order valence-electron chi connectivity index (χ4n) is 4.18. The third-order valence-corrected chi connectivity index (χ3v) is 5.76. The number of hydrogen-bond donors (Lipinski definition) is 0. The van der Waals surface area contributed by atoms with Crippen molar-refractivity contribution in [1.29, 1.82) is 0 Å². The van der Waals surface area contributed by atoms with Gasteiger partial charge in [0.25, 0.3) is 0 Å². The van der Waals surface area contributed by atoms with E-state index in [0.717, 1.165) is 34.4 Å². The molecule has 1 aromatic rings. The Morgan fingerprint density at radius 3 is 1.52 bits per heavy atom. The molecule has 1 rings (SSSR count). The molecule has 0 aliphatic rings.